The molecule has 0 saturated carbocycles. The fourth-order valence-electron chi connectivity index (χ4n) is 9.99. The van der Waals surface area contributed by atoms with E-state index in [0.717, 1.165) is 141 Å². The molecule has 0 radical (unpaired) electrons. The number of allylic oxidation sites excluding steroid dienone is 21. The van der Waals surface area contributed by atoms with E-state index in [0.29, 0.717) is 17.4 Å². The Labute approximate surface area is 549 Å². The Kier molecular flexibility index (Phi) is 64.2. The zero-order valence-electron chi connectivity index (χ0n) is 58.4. The van der Waals surface area contributed by atoms with Gasteiger partial charge in [0.1, 0.15) is 19.3 Å². The SMILES string of the molecule is CC/C=C\C/C=C\C/C=C\C/C=C\C/C=C\C/C=C\CCCCCCCCCCC(=O)NC(COP(=O)(O)OCC[N+](C)(C)C)C(/C=C\CCCCCCCCCCCCC)OC(=O)CCCCCCCCC/C=C\C/C=C\C/C=C\C/C=C\CCCCC. The minimum Gasteiger partial charge on any atom is -0.456 e. The Morgan fingerprint density at radius 3 is 1.10 bits per heavy atom. The number of nitrogens with zero attached hydrogens (tertiary/aromatic N) is 1. The molecule has 89 heavy (non-hydrogen) atoms. The third-order valence-electron chi connectivity index (χ3n) is 15.6. The number of unbranched alkanes of at least 4 members (excludes halogenated alkanes) is 29. The molecule has 0 aromatic carbocycles. The highest BCUT2D eigenvalue weighted by Crippen LogP contribution is 2.43. The van der Waals surface area contributed by atoms with Gasteiger partial charge in [-0.2, -0.15) is 0 Å². The number of carbonyl (C=O) groups is 2. The van der Waals surface area contributed by atoms with Gasteiger partial charge < -0.3 is 19.4 Å². The fourth-order valence-corrected chi connectivity index (χ4v) is 10.7. The lowest BCUT2D eigenvalue weighted by Gasteiger charge is -2.27. The molecule has 0 fully saturated rings. The van der Waals surface area contributed by atoms with Crippen molar-refractivity contribution < 1.29 is 37.3 Å². The van der Waals surface area contributed by atoms with Gasteiger partial charge in [-0.25, -0.2) is 4.57 Å². The summed E-state index contributed by atoms with van der Waals surface area (Å²) in [5.74, 6) is -0.529. The summed E-state index contributed by atoms with van der Waals surface area (Å²) in [6.45, 7) is 6.87. The fraction of sp³-hybridized carbons (Fsp3) is 0.696. The maximum atomic E-state index is 13.6. The molecule has 0 aliphatic heterocycles. The van der Waals surface area contributed by atoms with Crippen LogP contribution in [-0.4, -0.2) is 74.3 Å². The lowest BCUT2D eigenvalue weighted by atomic mass is 10.0. The molecule has 0 saturated heterocycles. The highest BCUT2D eigenvalue weighted by molar-refractivity contribution is 7.47. The van der Waals surface area contributed by atoms with Crippen molar-refractivity contribution in [2.75, 3.05) is 40.9 Å². The zero-order chi connectivity index (χ0) is 64.9. The Morgan fingerprint density at radius 2 is 0.719 bits per heavy atom. The number of carbonyl (C=O) groups excluding carboxylic acids is 2. The van der Waals surface area contributed by atoms with Crippen molar-refractivity contribution in [1.82, 2.24) is 5.32 Å². The van der Waals surface area contributed by atoms with E-state index in [4.69, 9.17) is 13.8 Å². The van der Waals surface area contributed by atoms with Gasteiger partial charge in [0.25, 0.3) is 0 Å². The summed E-state index contributed by atoms with van der Waals surface area (Å²) >= 11 is 0. The van der Waals surface area contributed by atoms with Crippen molar-refractivity contribution >= 4 is 19.7 Å². The smallest absolute Gasteiger partial charge is 0.456 e. The molecule has 510 valence electrons. The molecule has 0 bridgehead atoms. The number of ether oxygens (including phenoxy) is 1. The van der Waals surface area contributed by atoms with Crippen LogP contribution in [0.25, 0.3) is 0 Å². The zero-order valence-corrected chi connectivity index (χ0v) is 59.3. The third-order valence-corrected chi connectivity index (χ3v) is 16.6. The van der Waals surface area contributed by atoms with E-state index in [9.17, 15) is 19.0 Å². The molecule has 10 heteroatoms. The number of hydrogen-bond acceptors (Lipinski definition) is 6. The van der Waals surface area contributed by atoms with Crippen LogP contribution < -0.4 is 5.32 Å². The minimum atomic E-state index is -4.47. The summed E-state index contributed by atoms with van der Waals surface area (Å²) in [5, 5.41) is 3.07. The Balaban J connectivity index is 5.15. The molecule has 2 N–H and O–H groups in total. The van der Waals surface area contributed by atoms with Crippen molar-refractivity contribution in [3.05, 3.63) is 134 Å². The molecule has 3 atom stereocenters. The molecule has 1 amide bonds. The summed E-state index contributed by atoms with van der Waals surface area (Å²) in [5.41, 5.74) is 0. The maximum absolute atomic E-state index is 13.6. The molecule has 0 rings (SSSR count). The Morgan fingerprint density at radius 1 is 0.404 bits per heavy atom. The number of phosphoric acid groups is 1. The lowest BCUT2D eigenvalue weighted by Crippen LogP contribution is -2.47. The molecule has 3 unspecified atom stereocenters. The van der Waals surface area contributed by atoms with Gasteiger partial charge in [-0.1, -0.05) is 296 Å². The number of phosphoric ester groups is 1. The van der Waals surface area contributed by atoms with E-state index in [1.165, 1.54) is 128 Å². The van der Waals surface area contributed by atoms with Crippen molar-refractivity contribution in [2.45, 2.75) is 315 Å². The molecular weight excluding hydrogens is 1120 g/mol. The summed E-state index contributed by atoms with van der Waals surface area (Å²) in [6.07, 6.45) is 96.0. The van der Waals surface area contributed by atoms with Gasteiger partial charge in [0.15, 0.2) is 0 Å². The number of amides is 1. The normalized spacial score (nSPS) is 14.3. The largest absolute Gasteiger partial charge is 0.472 e. The minimum absolute atomic E-state index is 0.0298. The molecule has 0 aromatic heterocycles. The number of likely N-dealkylation sites (N-methyl/N-ethyl adjacent to an activating group) is 1. The first-order valence-corrected chi connectivity index (χ1v) is 38.0. The van der Waals surface area contributed by atoms with Crippen LogP contribution in [0.15, 0.2) is 134 Å². The van der Waals surface area contributed by atoms with E-state index in [2.05, 4.69) is 148 Å². The van der Waals surface area contributed by atoms with Crippen molar-refractivity contribution in [2.24, 2.45) is 0 Å². The number of nitrogens with one attached hydrogen (secondary N) is 1. The van der Waals surface area contributed by atoms with Crippen LogP contribution in [0, 0.1) is 0 Å². The van der Waals surface area contributed by atoms with Gasteiger partial charge in [-0.05, 0) is 128 Å². The van der Waals surface area contributed by atoms with Gasteiger partial charge in [-0.3, -0.25) is 18.6 Å². The average Bonchev–Trinajstić information content (AvgIpc) is 3.65. The molecular formula is C79H138N2O7P+. The average molecular weight is 1260 g/mol. The highest BCUT2D eigenvalue weighted by atomic mass is 31.2. The molecule has 0 aliphatic rings. The molecule has 0 aliphatic carbocycles. The van der Waals surface area contributed by atoms with E-state index in [1.807, 2.05) is 33.3 Å². The van der Waals surface area contributed by atoms with Gasteiger partial charge in [-0.15, -0.1) is 0 Å². The summed E-state index contributed by atoms with van der Waals surface area (Å²) < 4.78 is 30.9. The van der Waals surface area contributed by atoms with Crippen LogP contribution in [0.3, 0.4) is 0 Å². The van der Waals surface area contributed by atoms with Crippen molar-refractivity contribution in [1.29, 1.82) is 0 Å². The van der Waals surface area contributed by atoms with Crippen molar-refractivity contribution in [3.63, 3.8) is 0 Å². The molecule has 9 nitrogen and oxygen atoms in total. The van der Waals surface area contributed by atoms with Gasteiger partial charge in [0.05, 0.1) is 33.8 Å². The monoisotopic (exact) mass is 1260 g/mol. The van der Waals surface area contributed by atoms with Crippen LogP contribution in [0.1, 0.15) is 303 Å². The number of quaternary nitrogens is 1. The summed E-state index contributed by atoms with van der Waals surface area (Å²) in [6, 6.07) is -0.869. The number of rotatable bonds is 65. The standard InChI is InChI=1S/C79H137N2O7P/c1-7-10-13-16-19-22-25-28-30-32-34-36-38-39-40-41-43-44-46-48-50-53-56-59-62-65-68-71-78(82)80-76(75-87-89(84,85)86-74-73-81(4,5)6)77(70-67-64-61-58-55-52-27-24-21-18-15-12-9-3)88-79(83)72-69-66-63-60-57-54-51-49-47-45-42-37-35-33-31-29-26-23-20-17-14-11-8-2/h10,13,19-20,22-23,28-31,34-37,39-40,43-45,47,67,70,76-77H,7-9,11-12,14-18,21,24-27,32-33,38,41-42,46,48-66,68-69,71-75H2,1-6H3,(H-,80,82,84,85)/p+1/b13-10-,22-19-,23-20-,30-28-,31-29-,36-34-,37-35-,40-39-,44-43-,47-45-,70-67-. The maximum Gasteiger partial charge on any atom is 0.472 e. The number of esters is 1. The van der Waals surface area contributed by atoms with Crippen LogP contribution in [-0.2, 0) is 27.9 Å². The lowest BCUT2D eigenvalue weighted by molar-refractivity contribution is -0.870. The van der Waals surface area contributed by atoms with Gasteiger partial charge >= 0.3 is 13.8 Å². The molecule has 0 spiro atoms. The Bertz CT molecular complexity index is 1990. The third kappa shape index (κ3) is 68.4. The first-order valence-electron chi connectivity index (χ1n) is 36.5. The van der Waals surface area contributed by atoms with E-state index < -0.39 is 20.0 Å². The topological polar surface area (TPSA) is 111 Å². The first-order chi connectivity index (χ1) is 43.4. The summed E-state index contributed by atoms with van der Waals surface area (Å²) in [7, 11) is 1.47. The second-order valence-corrected chi connectivity index (χ2v) is 26.8. The second kappa shape index (κ2) is 67.1. The van der Waals surface area contributed by atoms with Crippen LogP contribution >= 0.6 is 7.82 Å². The van der Waals surface area contributed by atoms with Crippen LogP contribution in [0.4, 0.5) is 0 Å². The van der Waals surface area contributed by atoms with Crippen LogP contribution in [0.2, 0.25) is 0 Å². The van der Waals surface area contributed by atoms with E-state index in [1.54, 1.807) is 0 Å². The molecule has 0 heterocycles. The quantitative estimate of drug-likeness (QED) is 0.0205. The number of hydrogen-bond donors (Lipinski definition) is 2. The molecule has 0 aromatic rings. The second-order valence-electron chi connectivity index (χ2n) is 25.4. The Hall–Kier alpha value is -3.85. The van der Waals surface area contributed by atoms with Gasteiger partial charge in [0, 0.05) is 12.8 Å². The van der Waals surface area contributed by atoms with Crippen molar-refractivity contribution in [3.8, 4) is 0 Å². The predicted molar refractivity (Wildman–Crippen MR) is 387 cm³/mol. The van der Waals surface area contributed by atoms with Crippen LogP contribution in [0.5, 0.6) is 0 Å². The first kappa shape index (κ1) is 85.2. The highest BCUT2D eigenvalue weighted by Gasteiger charge is 2.30. The predicted octanol–water partition coefficient (Wildman–Crippen LogP) is 23.6. The van der Waals surface area contributed by atoms with Gasteiger partial charge in [0.2, 0.25) is 5.91 Å². The van der Waals surface area contributed by atoms with E-state index >= 15 is 0 Å². The summed E-state index contributed by atoms with van der Waals surface area (Å²) in [4.78, 5) is 38.0. The van der Waals surface area contributed by atoms with E-state index in [-0.39, 0.29) is 31.5 Å².